The molecule has 9 heavy (non-hydrogen) atoms. The Bertz CT molecular complexity index is 127. The summed E-state index contributed by atoms with van der Waals surface area (Å²) in [5.41, 5.74) is -1.41. The van der Waals surface area contributed by atoms with Crippen molar-refractivity contribution in [1.29, 1.82) is 0 Å². The fraction of sp³-hybridized carbons (Fsp3) is 0.857. The molecule has 52 valence electrons. The second kappa shape index (κ2) is 2.09. The molecular weight excluding hydrogens is 119 g/mol. The van der Waals surface area contributed by atoms with E-state index >= 15 is 0 Å². The van der Waals surface area contributed by atoms with E-state index in [0.29, 0.717) is 19.3 Å². The number of ketones is 1. The third-order valence-electron chi connectivity index (χ3n) is 1.97. The van der Waals surface area contributed by atoms with Crippen LogP contribution in [0.1, 0.15) is 32.6 Å². The minimum absolute atomic E-state index is 0.214. The summed E-state index contributed by atoms with van der Waals surface area (Å²) in [5, 5.41) is 0. The van der Waals surface area contributed by atoms with Crippen LogP contribution < -0.4 is 0 Å². The molecule has 0 aromatic rings. The lowest BCUT2D eigenvalue weighted by Gasteiger charge is -2.31. The first-order chi connectivity index (χ1) is 4.19. The van der Waals surface area contributed by atoms with Crippen LogP contribution in [0.15, 0.2) is 0 Å². The fourth-order valence-corrected chi connectivity index (χ4v) is 1.08. The van der Waals surface area contributed by atoms with Crippen LogP contribution in [0.2, 0.25) is 0 Å². The summed E-state index contributed by atoms with van der Waals surface area (Å²) in [7, 11) is 0. The summed E-state index contributed by atoms with van der Waals surface area (Å²) in [4.78, 5) is 10.7. The smallest absolute Gasteiger partial charge is 0.169 e. The lowest BCUT2D eigenvalue weighted by molar-refractivity contribution is -0.135. The largest absolute Gasteiger partial charge is 0.296 e. The van der Waals surface area contributed by atoms with E-state index < -0.39 is 5.67 Å². The summed E-state index contributed by atoms with van der Waals surface area (Å²) in [5.74, 6) is -0.214. The molecule has 0 heterocycles. The molecule has 1 fully saturated rings. The van der Waals surface area contributed by atoms with Crippen molar-refractivity contribution < 1.29 is 9.18 Å². The van der Waals surface area contributed by atoms with Gasteiger partial charge in [0, 0.05) is 6.42 Å². The van der Waals surface area contributed by atoms with Gasteiger partial charge in [0.2, 0.25) is 0 Å². The fourth-order valence-electron chi connectivity index (χ4n) is 1.08. The Morgan fingerprint density at radius 1 is 1.67 bits per heavy atom. The van der Waals surface area contributed by atoms with E-state index in [2.05, 4.69) is 0 Å². The van der Waals surface area contributed by atoms with Gasteiger partial charge in [0.1, 0.15) is 0 Å². The molecule has 0 radical (unpaired) electrons. The molecule has 0 amide bonds. The van der Waals surface area contributed by atoms with Gasteiger partial charge in [-0.25, -0.2) is 4.39 Å². The summed E-state index contributed by atoms with van der Waals surface area (Å²) < 4.78 is 13.0. The van der Waals surface area contributed by atoms with Gasteiger partial charge < -0.3 is 0 Å². The summed E-state index contributed by atoms with van der Waals surface area (Å²) in [6.45, 7) is 1.71. The highest BCUT2D eigenvalue weighted by Gasteiger charge is 2.42. The average molecular weight is 130 g/mol. The van der Waals surface area contributed by atoms with E-state index in [1.165, 1.54) is 0 Å². The van der Waals surface area contributed by atoms with Crippen molar-refractivity contribution >= 4 is 5.78 Å². The van der Waals surface area contributed by atoms with Crippen LogP contribution in [-0.4, -0.2) is 11.5 Å². The number of rotatable bonds is 2. The Morgan fingerprint density at radius 3 is 2.33 bits per heavy atom. The van der Waals surface area contributed by atoms with Crippen molar-refractivity contribution in [2.24, 2.45) is 0 Å². The first kappa shape index (κ1) is 6.72. The minimum atomic E-state index is -1.41. The zero-order valence-electron chi connectivity index (χ0n) is 5.61. The molecule has 0 aliphatic heterocycles. The Labute approximate surface area is 54.3 Å². The van der Waals surface area contributed by atoms with Crippen LogP contribution in [0.25, 0.3) is 0 Å². The van der Waals surface area contributed by atoms with Gasteiger partial charge in [-0.3, -0.25) is 4.79 Å². The zero-order valence-corrected chi connectivity index (χ0v) is 5.61. The Morgan fingerprint density at radius 2 is 2.22 bits per heavy atom. The van der Waals surface area contributed by atoms with E-state index in [-0.39, 0.29) is 5.78 Å². The molecule has 2 heteroatoms. The molecule has 0 aromatic heterocycles. The summed E-state index contributed by atoms with van der Waals surface area (Å²) in [6.07, 6.45) is 2.14. The standard InChI is InChI=1S/C7H11FO/c1-2-6(9)7(8)4-3-5-7/h2-5H2,1H3. The van der Waals surface area contributed by atoms with Gasteiger partial charge in [0.05, 0.1) is 0 Å². The van der Waals surface area contributed by atoms with Gasteiger partial charge in [0.25, 0.3) is 0 Å². The monoisotopic (exact) mass is 130 g/mol. The van der Waals surface area contributed by atoms with Gasteiger partial charge in [0.15, 0.2) is 11.5 Å². The Kier molecular flexibility index (Phi) is 1.56. The topological polar surface area (TPSA) is 17.1 Å². The quantitative estimate of drug-likeness (QED) is 0.557. The maximum atomic E-state index is 13.0. The Balaban J connectivity index is 2.49. The lowest BCUT2D eigenvalue weighted by atomic mass is 9.78. The molecule has 0 saturated heterocycles. The van der Waals surface area contributed by atoms with E-state index in [1.807, 2.05) is 0 Å². The molecule has 0 aromatic carbocycles. The van der Waals surface area contributed by atoms with Crippen molar-refractivity contribution in [3.05, 3.63) is 0 Å². The van der Waals surface area contributed by atoms with Crippen LogP contribution in [0.4, 0.5) is 4.39 Å². The van der Waals surface area contributed by atoms with Crippen molar-refractivity contribution in [2.45, 2.75) is 38.3 Å². The SMILES string of the molecule is CCC(=O)C1(F)CCC1. The highest BCUT2D eigenvalue weighted by atomic mass is 19.1. The Hall–Kier alpha value is -0.400. The van der Waals surface area contributed by atoms with Crippen LogP contribution >= 0.6 is 0 Å². The second-order valence-corrected chi connectivity index (χ2v) is 2.60. The average Bonchev–Trinajstić information content (AvgIpc) is 1.81. The number of carbonyl (C=O) groups excluding carboxylic acids is 1. The molecule has 0 spiro atoms. The zero-order chi connectivity index (χ0) is 6.91. The van der Waals surface area contributed by atoms with E-state index in [0.717, 1.165) is 6.42 Å². The maximum absolute atomic E-state index is 13.0. The third kappa shape index (κ3) is 0.979. The molecule has 0 bridgehead atoms. The predicted molar refractivity (Wildman–Crippen MR) is 33.0 cm³/mol. The molecule has 1 saturated carbocycles. The second-order valence-electron chi connectivity index (χ2n) is 2.60. The van der Waals surface area contributed by atoms with Crippen molar-refractivity contribution in [3.63, 3.8) is 0 Å². The van der Waals surface area contributed by atoms with Gasteiger partial charge in [-0.2, -0.15) is 0 Å². The van der Waals surface area contributed by atoms with E-state index in [4.69, 9.17) is 0 Å². The number of alkyl halides is 1. The number of carbonyl (C=O) groups is 1. The molecule has 1 rings (SSSR count). The van der Waals surface area contributed by atoms with Crippen LogP contribution in [0, 0.1) is 0 Å². The van der Waals surface area contributed by atoms with Crippen LogP contribution in [-0.2, 0) is 4.79 Å². The summed E-state index contributed by atoms with van der Waals surface area (Å²) >= 11 is 0. The highest BCUT2D eigenvalue weighted by molar-refractivity contribution is 5.87. The summed E-state index contributed by atoms with van der Waals surface area (Å²) in [6, 6.07) is 0. The molecule has 0 atom stereocenters. The van der Waals surface area contributed by atoms with Gasteiger partial charge >= 0.3 is 0 Å². The molecule has 1 aliphatic rings. The van der Waals surface area contributed by atoms with Gasteiger partial charge in [-0.05, 0) is 19.3 Å². The highest BCUT2D eigenvalue weighted by Crippen LogP contribution is 2.37. The molecule has 0 unspecified atom stereocenters. The van der Waals surface area contributed by atoms with Crippen LogP contribution in [0.5, 0.6) is 0 Å². The molecule has 1 aliphatic carbocycles. The van der Waals surface area contributed by atoms with Crippen molar-refractivity contribution in [1.82, 2.24) is 0 Å². The first-order valence-electron chi connectivity index (χ1n) is 3.41. The van der Waals surface area contributed by atoms with Crippen molar-refractivity contribution in [3.8, 4) is 0 Å². The van der Waals surface area contributed by atoms with E-state index in [9.17, 15) is 9.18 Å². The van der Waals surface area contributed by atoms with E-state index in [1.54, 1.807) is 6.92 Å². The predicted octanol–water partition coefficient (Wildman–Crippen LogP) is 1.86. The minimum Gasteiger partial charge on any atom is -0.296 e. The third-order valence-corrected chi connectivity index (χ3v) is 1.97. The lowest BCUT2D eigenvalue weighted by Crippen LogP contribution is -2.40. The number of hydrogen-bond donors (Lipinski definition) is 0. The van der Waals surface area contributed by atoms with Gasteiger partial charge in [-0.1, -0.05) is 6.92 Å². The molecular formula is C7H11FO. The van der Waals surface area contributed by atoms with Crippen LogP contribution in [0.3, 0.4) is 0 Å². The number of Topliss-reactive ketones (excluding diaryl/α,β-unsaturated/α-hetero) is 1. The van der Waals surface area contributed by atoms with Crippen molar-refractivity contribution in [2.75, 3.05) is 0 Å². The normalized spacial score (nSPS) is 22.9. The van der Waals surface area contributed by atoms with Gasteiger partial charge in [-0.15, -0.1) is 0 Å². The molecule has 1 nitrogen and oxygen atoms in total. The molecule has 0 N–H and O–H groups in total. The maximum Gasteiger partial charge on any atom is 0.169 e. The number of halogens is 1. The first-order valence-corrected chi connectivity index (χ1v) is 3.41. The number of hydrogen-bond acceptors (Lipinski definition) is 1.